The van der Waals surface area contributed by atoms with Gasteiger partial charge in [0.2, 0.25) is 0 Å². The van der Waals surface area contributed by atoms with Crippen LogP contribution in [0, 0.1) is 13.8 Å². The Morgan fingerprint density at radius 2 is 2.00 bits per heavy atom. The Bertz CT molecular complexity index is 817. The molecule has 2 heterocycles. The molecule has 3 rings (SSSR count). The molecule has 1 aliphatic heterocycles. The van der Waals surface area contributed by atoms with Gasteiger partial charge in [-0.2, -0.15) is 0 Å². The van der Waals surface area contributed by atoms with Crippen LogP contribution in [0.4, 0.5) is 4.79 Å². The third kappa shape index (κ3) is 5.25. The molecule has 1 saturated heterocycles. The number of thiazole rings is 1. The second kappa shape index (κ2) is 8.52. The van der Waals surface area contributed by atoms with Crippen LogP contribution in [0.15, 0.2) is 23.6 Å². The summed E-state index contributed by atoms with van der Waals surface area (Å²) >= 11 is 1.65. The Kier molecular flexibility index (Phi) is 6.28. The largest absolute Gasteiger partial charge is 0.490 e. The number of urea groups is 1. The van der Waals surface area contributed by atoms with E-state index in [2.05, 4.69) is 63.1 Å². The summed E-state index contributed by atoms with van der Waals surface area (Å²) in [5.41, 5.74) is 3.33. The average molecular weight is 402 g/mol. The molecule has 0 unspecified atom stereocenters. The van der Waals surface area contributed by atoms with Crippen molar-refractivity contribution in [2.75, 3.05) is 13.1 Å². The zero-order valence-electron chi connectivity index (χ0n) is 17.5. The molecule has 0 spiro atoms. The first-order valence-corrected chi connectivity index (χ1v) is 10.8. The van der Waals surface area contributed by atoms with E-state index in [4.69, 9.17) is 4.74 Å². The number of carbonyl (C=O) groups is 1. The summed E-state index contributed by atoms with van der Waals surface area (Å²) in [7, 11) is 0. The van der Waals surface area contributed by atoms with Crippen LogP contribution in [0.5, 0.6) is 5.75 Å². The minimum absolute atomic E-state index is 0.0181. The van der Waals surface area contributed by atoms with E-state index in [1.54, 1.807) is 11.3 Å². The van der Waals surface area contributed by atoms with Crippen LogP contribution in [-0.2, 0) is 12.0 Å². The van der Waals surface area contributed by atoms with E-state index in [9.17, 15) is 4.79 Å². The Morgan fingerprint density at radius 1 is 1.29 bits per heavy atom. The molecule has 1 N–H and O–H groups in total. The normalized spacial score (nSPS) is 15.5. The van der Waals surface area contributed by atoms with Crippen LogP contribution in [0.3, 0.4) is 0 Å². The third-order valence-corrected chi connectivity index (χ3v) is 6.30. The fourth-order valence-corrected chi connectivity index (χ4v) is 4.11. The summed E-state index contributed by atoms with van der Waals surface area (Å²) in [6.07, 6.45) is 1.87. The first-order valence-electron chi connectivity index (χ1n) is 9.94. The average Bonchev–Trinajstić information content (AvgIpc) is 3.13. The maximum absolute atomic E-state index is 12.5. The first kappa shape index (κ1) is 20.6. The van der Waals surface area contributed by atoms with Gasteiger partial charge in [0.05, 0.1) is 17.2 Å². The lowest BCUT2D eigenvalue weighted by Gasteiger charge is -2.32. The van der Waals surface area contributed by atoms with Crippen LogP contribution in [-0.4, -0.2) is 35.1 Å². The molecule has 0 atom stereocenters. The van der Waals surface area contributed by atoms with Gasteiger partial charge < -0.3 is 15.0 Å². The molecule has 1 aromatic heterocycles. The van der Waals surface area contributed by atoms with Crippen LogP contribution < -0.4 is 10.1 Å². The summed E-state index contributed by atoms with van der Waals surface area (Å²) in [5.74, 6) is 0.959. The summed E-state index contributed by atoms with van der Waals surface area (Å²) in [6, 6.07) is 6.27. The van der Waals surface area contributed by atoms with E-state index < -0.39 is 0 Å². The van der Waals surface area contributed by atoms with Crippen molar-refractivity contribution in [1.82, 2.24) is 15.2 Å². The second-order valence-electron chi connectivity index (χ2n) is 8.63. The van der Waals surface area contributed by atoms with Crippen molar-refractivity contribution in [3.05, 3.63) is 45.4 Å². The number of aryl methyl sites for hydroxylation is 2. The monoisotopic (exact) mass is 401 g/mol. The SMILES string of the molecule is Cc1ccc(C)c(OC2CCN(C(=O)NCc3csc(C(C)(C)C)n3)CC2)c1. The molecule has 0 aliphatic carbocycles. The van der Waals surface area contributed by atoms with Gasteiger partial charge in [-0.05, 0) is 31.0 Å². The topological polar surface area (TPSA) is 54.5 Å². The lowest BCUT2D eigenvalue weighted by Crippen LogP contribution is -2.46. The number of nitrogens with one attached hydrogen (secondary N) is 1. The fourth-order valence-electron chi connectivity index (χ4n) is 3.20. The molecule has 5 nitrogen and oxygen atoms in total. The lowest BCUT2D eigenvalue weighted by atomic mass is 9.98. The summed E-state index contributed by atoms with van der Waals surface area (Å²) in [6.45, 7) is 12.5. The number of piperidine rings is 1. The minimum Gasteiger partial charge on any atom is -0.490 e. The van der Waals surface area contributed by atoms with Gasteiger partial charge >= 0.3 is 6.03 Å². The predicted octanol–water partition coefficient (Wildman–Crippen LogP) is 4.81. The zero-order valence-corrected chi connectivity index (χ0v) is 18.4. The van der Waals surface area contributed by atoms with E-state index in [1.165, 1.54) is 5.56 Å². The molecule has 0 saturated carbocycles. The number of hydrogen-bond acceptors (Lipinski definition) is 4. The molecule has 0 bridgehead atoms. The highest BCUT2D eigenvalue weighted by atomic mass is 32.1. The highest BCUT2D eigenvalue weighted by Crippen LogP contribution is 2.26. The Balaban J connectivity index is 1.46. The van der Waals surface area contributed by atoms with Crippen LogP contribution in [0.25, 0.3) is 0 Å². The van der Waals surface area contributed by atoms with Crippen molar-refractivity contribution >= 4 is 17.4 Å². The molecule has 28 heavy (non-hydrogen) atoms. The van der Waals surface area contributed by atoms with Crippen LogP contribution in [0.1, 0.15) is 55.4 Å². The van der Waals surface area contributed by atoms with Gasteiger partial charge in [-0.3, -0.25) is 0 Å². The van der Waals surface area contributed by atoms with Crippen molar-refractivity contribution in [3.63, 3.8) is 0 Å². The number of carbonyl (C=O) groups excluding carboxylic acids is 1. The van der Waals surface area contributed by atoms with Crippen LogP contribution >= 0.6 is 11.3 Å². The van der Waals surface area contributed by atoms with E-state index >= 15 is 0 Å². The smallest absolute Gasteiger partial charge is 0.317 e. The summed E-state index contributed by atoms with van der Waals surface area (Å²) in [5, 5.41) is 6.14. The molecular weight excluding hydrogens is 370 g/mol. The predicted molar refractivity (Wildman–Crippen MR) is 114 cm³/mol. The summed E-state index contributed by atoms with van der Waals surface area (Å²) < 4.78 is 6.19. The molecule has 2 aromatic rings. The molecule has 152 valence electrons. The van der Waals surface area contributed by atoms with Gasteiger partial charge in [0.15, 0.2) is 0 Å². The number of rotatable bonds is 4. The number of ether oxygens (including phenoxy) is 1. The molecule has 6 heteroatoms. The number of benzene rings is 1. The molecule has 1 aliphatic rings. The molecule has 1 fully saturated rings. The van der Waals surface area contributed by atoms with Crippen molar-refractivity contribution in [2.45, 2.75) is 65.5 Å². The first-order chi connectivity index (χ1) is 13.2. The maximum atomic E-state index is 12.5. The Labute approximate surface area is 172 Å². The van der Waals surface area contributed by atoms with Crippen molar-refractivity contribution in [2.24, 2.45) is 0 Å². The number of aromatic nitrogens is 1. The zero-order chi connectivity index (χ0) is 20.3. The van der Waals surface area contributed by atoms with Gasteiger partial charge in [-0.25, -0.2) is 9.78 Å². The van der Waals surface area contributed by atoms with E-state index in [1.807, 2.05) is 10.3 Å². The number of hydrogen-bond donors (Lipinski definition) is 1. The molecule has 0 radical (unpaired) electrons. The maximum Gasteiger partial charge on any atom is 0.317 e. The highest BCUT2D eigenvalue weighted by molar-refractivity contribution is 7.09. The van der Waals surface area contributed by atoms with E-state index in [0.29, 0.717) is 19.6 Å². The van der Waals surface area contributed by atoms with Gasteiger partial charge in [-0.15, -0.1) is 11.3 Å². The van der Waals surface area contributed by atoms with E-state index in [0.717, 1.165) is 34.9 Å². The quantitative estimate of drug-likeness (QED) is 0.800. The molecule has 1 aromatic carbocycles. The summed E-state index contributed by atoms with van der Waals surface area (Å²) in [4.78, 5) is 19.0. The number of nitrogens with zero attached hydrogens (tertiary/aromatic N) is 2. The standard InChI is InChI=1S/C22H31N3O2S/c1-15-6-7-16(2)19(12-15)27-18-8-10-25(11-9-18)21(26)23-13-17-14-28-20(24-17)22(3,4)5/h6-7,12,14,18H,8-11,13H2,1-5H3,(H,23,26). The van der Waals surface area contributed by atoms with Gasteiger partial charge in [-0.1, -0.05) is 32.9 Å². The van der Waals surface area contributed by atoms with Crippen molar-refractivity contribution < 1.29 is 9.53 Å². The number of likely N-dealkylation sites (tertiary alicyclic amines) is 1. The number of amides is 2. The van der Waals surface area contributed by atoms with Crippen molar-refractivity contribution in [1.29, 1.82) is 0 Å². The van der Waals surface area contributed by atoms with Gasteiger partial charge in [0.1, 0.15) is 11.9 Å². The van der Waals surface area contributed by atoms with E-state index in [-0.39, 0.29) is 17.6 Å². The lowest BCUT2D eigenvalue weighted by molar-refractivity contribution is 0.110. The van der Waals surface area contributed by atoms with Gasteiger partial charge in [0.25, 0.3) is 0 Å². The second-order valence-corrected chi connectivity index (χ2v) is 9.48. The third-order valence-electron chi connectivity index (χ3n) is 4.98. The highest BCUT2D eigenvalue weighted by Gasteiger charge is 2.24. The molecular formula is C22H31N3O2S. The van der Waals surface area contributed by atoms with Crippen molar-refractivity contribution in [3.8, 4) is 5.75 Å². The van der Waals surface area contributed by atoms with Crippen LogP contribution in [0.2, 0.25) is 0 Å². The minimum atomic E-state index is -0.0181. The fraction of sp³-hybridized carbons (Fsp3) is 0.545. The van der Waals surface area contributed by atoms with Gasteiger partial charge in [0, 0.05) is 36.7 Å². The Morgan fingerprint density at radius 3 is 2.64 bits per heavy atom. The Hall–Kier alpha value is -2.08. The molecule has 2 amide bonds.